The van der Waals surface area contributed by atoms with Crippen LogP contribution in [0.1, 0.15) is 24.0 Å². The Bertz CT molecular complexity index is 1070. The number of anilines is 1. The van der Waals surface area contributed by atoms with E-state index in [1.54, 1.807) is 6.07 Å². The lowest BCUT2D eigenvalue weighted by Gasteiger charge is -2.28. The van der Waals surface area contributed by atoms with Gasteiger partial charge in [0, 0.05) is 13.1 Å². The maximum Gasteiger partial charge on any atom is 0.244 e. The summed E-state index contributed by atoms with van der Waals surface area (Å²) in [4.78, 5) is -0.0816. The summed E-state index contributed by atoms with van der Waals surface area (Å²) in [5.41, 5.74) is 2.17. The van der Waals surface area contributed by atoms with Crippen molar-refractivity contribution in [1.29, 1.82) is 0 Å². The summed E-state index contributed by atoms with van der Waals surface area (Å²) in [6, 6.07) is 11.9. The highest BCUT2D eigenvalue weighted by molar-refractivity contribution is 7.92. The molecule has 0 saturated carbocycles. The minimum Gasteiger partial charge on any atom is -0.495 e. The van der Waals surface area contributed by atoms with E-state index in [-0.39, 0.29) is 22.9 Å². The van der Waals surface area contributed by atoms with Crippen LogP contribution in [-0.4, -0.2) is 36.2 Å². The average molecular weight is 425 g/mol. The minimum absolute atomic E-state index is 0.0621. The summed E-state index contributed by atoms with van der Waals surface area (Å²) < 4.78 is 59.7. The number of hydrogen-bond donors (Lipinski definition) is 1. The van der Waals surface area contributed by atoms with Crippen molar-refractivity contribution in [3.63, 3.8) is 0 Å². The number of ether oxygens (including phenoxy) is 1. The minimum atomic E-state index is -3.91. The van der Waals surface area contributed by atoms with Crippen molar-refractivity contribution in [3.05, 3.63) is 53.6 Å². The highest BCUT2D eigenvalue weighted by Crippen LogP contribution is 2.31. The van der Waals surface area contributed by atoms with Gasteiger partial charge in [-0.1, -0.05) is 24.3 Å². The maximum atomic E-state index is 12.9. The first-order valence-corrected chi connectivity index (χ1v) is 12.1. The molecule has 1 aliphatic rings. The van der Waals surface area contributed by atoms with E-state index in [4.69, 9.17) is 4.74 Å². The predicted molar refractivity (Wildman–Crippen MR) is 109 cm³/mol. The third-order valence-corrected chi connectivity index (χ3v) is 8.08. The number of benzene rings is 2. The summed E-state index contributed by atoms with van der Waals surface area (Å²) in [7, 11) is -5.97. The molecule has 0 aromatic heterocycles. The monoisotopic (exact) mass is 424 g/mol. The van der Waals surface area contributed by atoms with E-state index in [9.17, 15) is 16.8 Å². The molecular weight excluding hydrogens is 400 g/mol. The molecule has 2 aromatic carbocycles. The van der Waals surface area contributed by atoms with Crippen LogP contribution in [0.25, 0.3) is 0 Å². The van der Waals surface area contributed by atoms with Crippen molar-refractivity contribution in [2.45, 2.75) is 31.2 Å². The lowest BCUT2D eigenvalue weighted by molar-refractivity contribution is 0.402. The zero-order valence-corrected chi connectivity index (χ0v) is 17.5. The highest BCUT2D eigenvalue weighted by atomic mass is 32.2. The van der Waals surface area contributed by atoms with Gasteiger partial charge in [0.15, 0.2) is 0 Å². The number of hydrogen-bond acceptors (Lipinski definition) is 5. The molecule has 3 rings (SSSR count). The van der Waals surface area contributed by atoms with Gasteiger partial charge in [-0.15, -0.1) is 0 Å². The van der Waals surface area contributed by atoms with Gasteiger partial charge < -0.3 is 4.74 Å². The third-order valence-electron chi connectivity index (χ3n) is 4.79. The topological polar surface area (TPSA) is 92.8 Å². The molecule has 1 aliphatic heterocycles. The first kappa shape index (κ1) is 20.6. The smallest absolute Gasteiger partial charge is 0.244 e. The number of aryl methyl sites for hydroxylation is 1. The zero-order chi connectivity index (χ0) is 20.4. The van der Waals surface area contributed by atoms with Crippen LogP contribution in [0.5, 0.6) is 5.75 Å². The molecule has 0 radical (unpaired) electrons. The molecule has 0 bridgehead atoms. The molecule has 9 heteroatoms. The van der Waals surface area contributed by atoms with Crippen molar-refractivity contribution < 1.29 is 21.6 Å². The number of rotatable bonds is 6. The SMILES string of the molecule is COc1ccc(N2CCCCS2(=O)=O)cc1S(=O)(=O)NCc1ccccc1C. The molecule has 0 aliphatic carbocycles. The van der Waals surface area contributed by atoms with Crippen LogP contribution in [0.2, 0.25) is 0 Å². The van der Waals surface area contributed by atoms with Crippen molar-refractivity contribution in [3.8, 4) is 5.75 Å². The van der Waals surface area contributed by atoms with E-state index < -0.39 is 20.0 Å². The Balaban J connectivity index is 1.94. The molecule has 1 saturated heterocycles. The lowest BCUT2D eigenvalue weighted by Crippen LogP contribution is -2.38. The molecule has 2 aromatic rings. The Morgan fingerprint density at radius 3 is 2.57 bits per heavy atom. The van der Waals surface area contributed by atoms with E-state index in [1.165, 1.54) is 23.5 Å². The Morgan fingerprint density at radius 1 is 1.14 bits per heavy atom. The summed E-state index contributed by atoms with van der Waals surface area (Å²) in [6.45, 7) is 2.38. The van der Waals surface area contributed by atoms with Gasteiger partial charge in [0.25, 0.3) is 0 Å². The fraction of sp³-hybridized carbons (Fsp3) is 0.368. The van der Waals surface area contributed by atoms with Gasteiger partial charge in [0.1, 0.15) is 10.6 Å². The van der Waals surface area contributed by atoms with Crippen LogP contribution < -0.4 is 13.8 Å². The Morgan fingerprint density at radius 2 is 1.89 bits per heavy atom. The van der Waals surface area contributed by atoms with Crippen LogP contribution in [0.15, 0.2) is 47.4 Å². The third kappa shape index (κ3) is 4.31. The number of methoxy groups -OCH3 is 1. The molecule has 0 spiro atoms. The molecule has 0 amide bonds. The molecule has 7 nitrogen and oxygen atoms in total. The second kappa shape index (κ2) is 8.10. The van der Waals surface area contributed by atoms with Gasteiger partial charge in [0.05, 0.1) is 18.6 Å². The van der Waals surface area contributed by atoms with E-state index in [0.717, 1.165) is 17.5 Å². The second-order valence-electron chi connectivity index (χ2n) is 6.68. The molecule has 28 heavy (non-hydrogen) atoms. The fourth-order valence-electron chi connectivity index (χ4n) is 3.17. The first-order chi connectivity index (χ1) is 13.2. The van der Waals surface area contributed by atoms with Crippen LogP contribution in [0, 0.1) is 6.92 Å². The predicted octanol–water partition coefficient (Wildman–Crippen LogP) is 2.41. The Labute approximate surface area is 166 Å². The van der Waals surface area contributed by atoms with Gasteiger partial charge in [-0.2, -0.15) is 0 Å². The van der Waals surface area contributed by atoms with Crippen molar-refractivity contribution >= 4 is 25.7 Å². The molecular formula is C19H24N2O5S2. The van der Waals surface area contributed by atoms with E-state index >= 15 is 0 Å². The molecule has 152 valence electrons. The maximum absolute atomic E-state index is 12.9. The van der Waals surface area contributed by atoms with Gasteiger partial charge in [-0.25, -0.2) is 21.6 Å². The lowest BCUT2D eigenvalue weighted by atomic mass is 10.1. The standard InChI is InChI=1S/C19H24N2O5S2/c1-15-7-3-4-8-16(15)14-20-28(24,25)19-13-17(9-10-18(19)26-2)21-11-5-6-12-27(21,22)23/h3-4,7-10,13,20H,5-6,11-12,14H2,1-2H3. The van der Waals surface area contributed by atoms with E-state index in [1.807, 2.05) is 31.2 Å². The summed E-state index contributed by atoms with van der Waals surface area (Å²) in [5.74, 6) is 0.225. The largest absolute Gasteiger partial charge is 0.495 e. The number of nitrogens with one attached hydrogen (secondary N) is 1. The van der Waals surface area contributed by atoms with Crippen LogP contribution in [0.3, 0.4) is 0 Å². The first-order valence-electron chi connectivity index (χ1n) is 8.97. The van der Waals surface area contributed by atoms with Gasteiger partial charge in [-0.3, -0.25) is 4.31 Å². The number of nitrogens with zero attached hydrogens (tertiary/aromatic N) is 1. The van der Waals surface area contributed by atoms with Gasteiger partial charge in [0.2, 0.25) is 20.0 Å². The molecule has 1 N–H and O–H groups in total. The van der Waals surface area contributed by atoms with Crippen molar-refractivity contribution in [2.24, 2.45) is 0 Å². The van der Waals surface area contributed by atoms with Crippen molar-refractivity contribution in [2.75, 3.05) is 23.7 Å². The molecule has 0 atom stereocenters. The highest BCUT2D eigenvalue weighted by Gasteiger charge is 2.28. The average Bonchev–Trinajstić information content (AvgIpc) is 2.66. The Hall–Kier alpha value is -2.10. The van der Waals surface area contributed by atoms with Gasteiger partial charge >= 0.3 is 0 Å². The number of sulfonamides is 2. The zero-order valence-electron chi connectivity index (χ0n) is 15.9. The fourth-order valence-corrected chi connectivity index (χ4v) is 5.99. The van der Waals surface area contributed by atoms with Crippen LogP contribution in [0.4, 0.5) is 5.69 Å². The van der Waals surface area contributed by atoms with Crippen LogP contribution >= 0.6 is 0 Å². The van der Waals surface area contributed by atoms with E-state index in [2.05, 4.69) is 4.72 Å². The van der Waals surface area contributed by atoms with Crippen LogP contribution in [-0.2, 0) is 26.6 Å². The summed E-state index contributed by atoms with van der Waals surface area (Å²) in [6.07, 6.45) is 1.34. The molecule has 1 fully saturated rings. The Kier molecular flexibility index (Phi) is 5.97. The van der Waals surface area contributed by atoms with Gasteiger partial charge in [-0.05, 0) is 49.1 Å². The molecule has 0 unspecified atom stereocenters. The van der Waals surface area contributed by atoms with Crippen molar-refractivity contribution in [1.82, 2.24) is 4.72 Å². The quantitative estimate of drug-likeness (QED) is 0.769. The second-order valence-corrected chi connectivity index (χ2v) is 10.4. The van der Waals surface area contributed by atoms with E-state index in [0.29, 0.717) is 18.7 Å². The normalized spacial score (nSPS) is 16.7. The molecule has 1 heterocycles. The summed E-state index contributed by atoms with van der Waals surface area (Å²) in [5, 5.41) is 0. The summed E-state index contributed by atoms with van der Waals surface area (Å²) >= 11 is 0.